The third kappa shape index (κ3) is 3.35. The molecule has 4 rings (SSSR count). The highest BCUT2D eigenvalue weighted by atomic mass is 79.9. The molecule has 2 heterocycles. The molecule has 8 heteroatoms. The summed E-state index contributed by atoms with van der Waals surface area (Å²) >= 11 is 8.02. The van der Waals surface area contributed by atoms with Gasteiger partial charge in [0.2, 0.25) is 5.82 Å². The van der Waals surface area contributed by atoms with Crippen LogP contribution in [0, 0.1) is 0 Å². The van der Waals surface area contributed by atoms with Crippen LogP contribution in [0.3, 0.4) is 0 Å². The summed E-state index contributed by atoms with van der Waals surface area (Å²) in [6.45, 7) is 0.566. The summed E-state index contributed by atoms with van der Waals surface area (Å²) in [7, 11) is 0. The monoisotopic (exact) mass is 412 g/mol. The second-order valence-electron chi connectivity index (χ2n) is 5.40. The first kappa shape index (κ1) is 16.0. The van der Waals surface area contributed by atoms with Crippen LogP contribution < -0.4 is 0 Å². The molecule has 0 saturated carbocycles. The van der Waals surface area contributed by atoms with Crippen LogP contribution in [-0.2, 0) is 6.54 Å². The third-order valence-electron chi connectivity index (χ3n) is 3.68. The first-order chi connectivity index (χ1) is 12.2. The number of benzene rings is 2. The molecular weight excluding hydrogens is 400 g/mol. The lowest BCUT2D eigenvalue weighted by molar-refractivity contribution is 0.573. The van der Waals surface area contributed by atoms with Crippen molar-refractivity contribution >= 4 is 28.6 Å². The topological polar surface area (TPSA) is 61.4 Å². The Morgan fingerprint density at radius 2 is 1.76 bits per heavy atom. The fraction of sp³-hybridized carbons (Fsp3) is 0.0588. The fourth-order valence-corrected chi connectivity index (χ4v) is 3.02. The Morgan fingerprint density at radius 3 is 2.52 bits per heavy atom. The zero-order chi connectivity index (χ0) is 17.2. The number of thiol groups is 1. The van der Waals surface area contributed by atoms with Gasteiger partial charge < -0.3 is 0 Å². The standard InChI is InChI=1S/C17H13BrN6S/c18-13-6-8-14(9-7-13)24-17(25)15(10-19-24)16-20-22-23(21-16)11-12-4-2-1-3-5-12/h1-10,25H,11H2. The van der Waals surface area contributed by atoms with Gasteiger partial charge in [0.1, 0.15) is 5.03 Å². The minimum absolute atomic E-state index is 0.504. The number of tetrazole rings is 1. The highest BCUT2D eigenvalue weighted by Gasteiger charge is 2.15. The Morgan fingerprint density at radius 1 is 1.00 bits per heavy atom. The summed E-state index contributed by atoms with van der Waals surface area (Å²) in [5.41, 5.74) is 2.77. The van der Waals surface area contributed by atoms with Crippen molar-refractivity contribution in [2.45, 2.75) is 11.6 Å². The van der Waals surface area contributed by atoms with Gasteiger partial charge in [-0.1, -0.05) is 46.3 Å². The van der Waals surface area contributed by atoms with E-state index in [0.29, 0.717) is 17.4 Å². The van der Waals surface area contributed by atoms with Gasteiger partial charge >= 0.3 is 0 Å². The Labute approximate surface area is 158 Å². The lowest BCUT2D eigenvalue weighted by Gasteiger charge is -2.03. The molecule has 2 aromatic heterocycles. The molecule has 124 valence electrons. The predicted octanol–water partition coefficient (Wildman–Crippen LogP) is 3.63. The molecule has 0 amide bonds. The molecule has 0 fully saturated rings. The van der Waals surface area contributed by atoms with Crippen molar-refractivity contribution in [1.29, 1.82) is 0 Å². The molecule has 0 radical (unpaired) electrons. The van der Waals surface area contributed by atoms with Gasteiger partial charge in [-0.15, -0.1) is 22.8 Å². The van der Waals surface area contributed by atoms with Crippen LogP contribution in [-0.4, -0.2) is 30.0 Å². The molecule has 0 N–H and O–H groups in total. The highest BCUT2D eigenvalue weighted by Crippen LogP contribution is 2.26. The van der Waals surface area contributed by atoms with E-state index in [1.807, 2.05) is 54.6 Å². The first-order valence-corrected chi connectivity index (χ1v) is 8.80. The van der Waals surface area contributed by atoms with Crippen LogP contribution in [0.5, 0.6) is 0 Å². The zero-order valence-electron chi connectivity index (χ0n) is 13.0. The van der Waals surface area contributed by atoms with Crippen molar-refractivity contribution in [1.82, 2.24) is 30.0 Å². The molecule has 0 spiro atoms. The third-order valence-corrected chi connectivity index (χ3v) is 4.63. The van der Waals surface area contributed by atoms with E-state index in [4.69, 9.17) is 0 Å². The van der Waals surface area contributed by atoms with Gasteiger partial charge in [-0.3, -0.25) is 0 Å². The first-order valence-electron chi connectivity index (χ1n) is 7.56. The number of nitrogens with zero attached hydrogens (tertiary/aromatic N) is 6. The maximum atomic E-state index is 4.59. The van der Waals surface area contributed by atoms with E-state index >= 15 is 0 Å². The molecule has 0 atom stereocenters. The summed E-state index contributed by atoms with van der Waals surface area (Å²) in [5.74, 6) is 0.504. The van der Waals surface area contributed by atoms with Gasteiger partial charge in [-0.25, -0.2) is 4.68 Å². The highest BCUT2D eigenvalue weighted by molar-refractivity contribution is 9.10. The Bertz CT molecular complexity index is 994. The van der Waals surface area contributed by atoms with Crippen molar-refractivity contribution in [3.05, 3.63) is 70.8 Å². The second-order valence-corrected chi connectivity index (χ2v) is 6.74. The van der Waals surface area contributed by atoms with Crippen molar-refractivity contribution in [2.24, 2.45) is 0 Å². The van der Waals surface area contributed by atoms with E-state index in [9.17, 15) is 0 Å². The van der Waals surface area contributed by atoms with E-state index in [1.165, 1.54) is 0 Å². The van der Waals surface area contributed by atoms with Crippen molar-refractivity contribution in [2.75, 3.05) is 0 Å². The van der Waals surface area contributed by atoms with Crippen LogP contribution in [0.4, 0.5) is 0 Å². The van der Waals surface area contributed by atoms with Crippen LogP contribution >= 0.6 is 28.6 Å². The maximum absolute atomic E-state index is 4.59. The Kier molecular flexibility index (Phi) is 4.37. The van der Waals surface area contributed by atoms with Gasteiger partial charge in [0.25, 0.3) is 0 Å². The molecule has 0 saturated heterocycles. The smallest absolute Gasteiger partial charge is 0.209 e. The zero-order valence-corrected chi connectivity index (χ0v) is 15.5. The largest absolute Gasteiger partial charge is 0.227 e. The molecular formula is C17H13BrN6S. The molecule has 0 aliphatic rings. The fourth-order valence-electron chi connectivity index (χ4n) is 2.44. The lowest BCUT2D eigenvalue weighted by Crippen LogP contribution is -2.03. The van der Waals surface area contributed by atoms with Crippen LogP contribution in [0.25, 0.3) is 17.1 Å². The summed E-state index contributed by atoms with van der Waals surface area (Å²) < 4.78 is 2.75. The molecule has 0 aliphatic heterocycles. The average Bonchev–Trinajstić information content (AvgIpc) is 3.23. The van der Waals surface area contributed by atoms with Gasteiger partial charge in [0.05, 0.1) is 24.0 Å². The average molecular weight is 413 g/mol. The molecule has 0 aliphatic carbocycles. The van der Waals surface area contributed by atoms with Gasteiger partial charge in [0, 0.05) is 4.47 Å². The van der Waals surface area contributed by atoms with E-state index in [1.54, 1.807) is 15.7 Å². The Balaban J connectivity index is 1.62. The second kappa shape index (κ2) is 6.81. The van der Waals surface area contributed by atoms with Crippen LogP contribution in [0.1, 0.15) is 5.56 Å². The van der Waals surface area contributed by atoms with E-state index in [2.05, 4.69) is 49.1 Å². The van der Waals surface area contributed by atoms with Crippen molar-refractivity contribution < 1.29 is 0 Å². The number of rotatable bonds is 4. The summed E-state index contributed by atoms with van der Waals surface area (Å²) in [5, 5.41) is 17.8. The normalized spacial score (nSPS) is 11.0. The van der Waals surface area contributed by atoms with E-state index in [-0.39, 0.29) is 0 Å². The molecule has 0 bridgehead atoms. The number of halogens is 1. The lowest BCUT2D eigenvalue weighted by atomic mass is 10.2. The SMILES string of the molecule is Sc1c(-c2nnn(Cc3ccccc3)n2)cnn1-c1ccc(Br)cc1. The number of hydrogen-bond donors (Lipinski definition) is 1. The molecule has 0 unspecified atom stereocenters. The maximum Gasteiger partial charge on any atom is 0.209 e. The minimum Gasteiger partial charge on any atom is -0.227 e. The molecule has 6 nitrogen and oxygen atoms in total. The van der Waals surface area contributed by atoms with E-state index < -0.39 is 0 Å². The summed E-state index contributed by atoms with van der Waals surface area (Å²) in [6, 6.07) is 17.8. The minimum atomic E-state index is 0.504. The van der Waals surface area contributed by atoms with Crippen molar-refractivity contribution in [3.63, 3.8) is 0 Å². The Hall–Kier alpha value is -2.45. The molecule has 25 heavy (non-hydrogen) atoms. The quantitative estimate of drug-likeness (QED) is 0.519. The molecule has 4 aromatic rings. The summed E-state index contributed by atoms with van der Waals surface area (Å²) in [6.07, 6.45) is 1.70. The van der Waals surface area contributed by atoms with E-state index in [0.717, 1.165) is 21.3 Å². The number of aromatic nitrogens is 6. The number of hydrogen-bond acceptors (Lipinski definition) is 5. The predicted molar refractivity (Wildman–Crippen MR) is 101 cm³/mol. The van der Waals surface area contributed by atoms with Crippen LogP contribution in [0.2, 0.25) is 0 Å². The van der Waals surface area contributed by atoms with Crippen molar-refractivity contribution in [3.8, 4) is 17.1 Å². The molecule has 2 aromatic carbocycles. The van der Waals surface area contributed by atoms with Gasteiger partial charge in [0.15, 0.2) is 0 Å². The van der Waals surface area contributed by atoms with Gasteiger partial charge in [-0.05, 0) is 35.0 Å². The summed E-state index contributed by atoms with van der Waals surface area (Å²) in [4.78, 5) is 1.56. The van der Waals surface area contributed by atoms with Crippen LogP contribution in [0.15, 0.2) is 70.3 Å². The van der Waals surface area contributed by atoms with Gasteiger partial charge in [-0.2, -0.15) is 9.90 Å².